The Hall–Kier alpha value is -2.04. The number of carbonyl (C=O) groups is 1. The summed E-state index contributed by atoms with van der Waals surface area (Å²) in [7, 11) is -6.07. The number of rotatable bonds is 7. The van der Waals surface area contributed by atoms with E-state index in [0.29, 0.717) is 0 Å². The van der Waals surface area contributed by atoms with E-state index in [1.807, 2.05) is 6.92 Å². The molecule has 160 valence electrons. The first-order valence-corrected chi connectivity index (χ1v) is 12.4. The molecule has 0 saturated carbocycles. The normalized spacial score (nSPS) is 13.2. The second-order valence-corrected chi connectivity index (χ2v) is 12.1. The largest absolute Gasteiger partial charge is 0.416 e. The van der Waals surface area contributed by atoms with Crippen LogP contribution in [0.1, 0.15) is 17.5 Å². The molecule has 0 aliphatic carbocycles. The molecule has 0 bridgehead atoms. The third-order valence-corrected chi connectivity index (χ3v) is 8.13. The summed E-state index contributed by atoms with van der Waals surface area (Å²) in [6.07, 6.45) is -1.22. The number of aryl methyl sites for hydroxylation is 1. The third-order valence-electron chi connectivity index (χ3n) is 3.90. The fraction of sp³-hybridized carbons (Fsp3) is 0.316. The standard InChI is InChI=1S/C19H22F3NO4S2/c1-14-4-10-17(11-5-14)29(25,26)27-28(2,3)13-12-18(24)23-16-8-6-15(7-9-16)19(20,21)22/h4-11H,12-13H2,1-3H3,(H,23,24). The van der Waals surface area contributed by atoms with Crippen LogP contribution in [0.5, 0.6) is 0 Å². The molecule has 0 spiro atoms. The van der Waals surface area contributed by atoms with Gasteiger partial charge >= 0.3 is 16.3 Å². The zero-order valence-corrected chi connectivity index (χ0v) is 17.7. The van der Waals surface area contributed by atoms with Crippen molar-refractivity contribution in [1.29, 1.82) is 0 Å². The molecule has 0 heterocycles. The summed E-state index contributed by atoms with van der Waals surface area (Å²) in [4.78, 5) is 12.1. The van der Waals surface area contributed by atoms with Crippen molar-refractivity contribution in [3.8, 4) is 0 Å². The highest BCUT2D eigenvalue weighted by Crippen LogP contribution is 2.45. The van der Waals surface area contributed by atoms with Gasteiger partial charge in [0.1, 0.15) is 0 Å². The fourth-order valence-corrected chi connectivity index (χ4v) is 6.00. The summed E-state index contributed by atoms with van der Waals surface area (Å²) in [5.74, 6) is -0.272. The van der Waals surface area contributed by atoms with Gasteiger partial charge in [0.25, 0.3) is 0 Å². The van der Waals surface area contributed by atoms with Crippen molar-refractivity contribution < 1.29 is 30.0 Å². The number of hydrogen-bond acceptors (Lipinski definition) is 4. The Labute approximate surface area is 169 Å². The Balaban J connectivity index is 1.93. The van der Waals surface area contributed by atoms with Gasteiger partial charge in [-0.15, -0.1) is 10.3 Å². The van der Waals surface area contributed by atoms with E-state index in [2.05, 4.69) is 5.32 Å². The van der Waals surface area contributed by atoms with Gasteiger partial charge in [0.2, 0.25) is 5.91 Å². The molecule has 0 unspecified atom stereocenters. The Morgan fingerprint density at radius 3 is 2.07 bits per heavy atom. The molecule has 29 heavy (non-hydrogen) atoms. The summed E-state index contributed by atoms with van der Waals surface area (Å²) in [6, 6.07) is 10.3. The quantitative estimate of drug-likeness (QED) is 0.664. The van der Waals surface area contributed by atoms with E-state index in [9.17, 15) is 26.4 Å². The van der Waals surface area contributed by atoms with Crippen LogP contribution < -0.4 is 5.32 Å². The molecule has 10 heteroatoms. The summed E-state index contributed by atoms with van der Waals surface area (Å²) in [5, 5.41) is 2.50. The molecule has 1 N–H and O–H groups in total. The van der Waals surface area contributed by atoms with E-state index in [1.54, 1.807) is 24.6 Å². The van der Waals surface area contributed by atoms with Gasteiger partial charge in [0.05, 0.1) is 10.5 Å². The number of alkyl halides is 3. The monoisotopic (exact) mass is 449 g/mol. The van der Waals surface area contributed by atoms with E-state index in [0.717, 1.165) is 29.8 Å². The molecule has 0 aliphatic rings. The van der Waals surface area contributed by atoms with Gasteiger partial charge in [0.15, 0.2) is 0 Å². The molecule has 2 aromatic rings. The number of amides is 1. The number of nitrogens with one attached hydrogen (secondary N) is 1. The topological polar surface area (TPSA) is 72.5 Å². The van der Waals surface area contributed by atoms with Crippen LogP contribution in [0, 0.1) is 6.92 Å². The third kappa shape index (κ3) is 7.06. The summed E-state index contributed by atoms with van der Waals surface area (Å²) < 4.78 is 67.9. The molecule has 0 atom stereocenters. The smallest absolute Gasteiger partial charge is 0.326 e. The van der Waals surface area contributed by atoms with Gasteiger partial charge in [-0.3, -0.25) is 4.79 Å². The van der Waals surface area contributed by atoms with Crippen LogP contribution in [0.15, 0.2) is 53.4 Å². The molecule has 1 amide bonds. The van der Waals surface area contributed by atoms with Crippen molar-refractivity contribution >= 4 is 32.0 Å². The zero-order chi connectivity index (χ0) is 21.9. The van der Waals surface area contributed by atoms with Crippen LogP contribution in [-0.2, 0) is 24.7 Å². The maximum atomic E-state index is 12.6. The highest BCUT2D eigenvalue weighted by atomic mass is 32.3. The molecule has 2 aromatic carbocycles. The zero-order valence-electron chi connectivity index (χ0n) is 16.1. The fourth-order valence-electron chi connectivity index (χ4n) is 2.33. The predicted octanol–water partition coefficient (Wildman–Crippen LogP) is 4.73. The average molecular weight is 450 g/mol. The van der Waals surface area contributed by atoms with Crippen LogP contribution in [0.25, 0.3) is 0 Å². The molecule has 0 aliphatic heterocycles. The van der Waals surface area contributed by atoms with Crippen LogP contribution in [0.2, 0.25) is 0 Å². The molecule has 0 fully saturated rings. The van der Waals surface area contributed by atoms with Crippen LogP contribution in [0.3, 0.4) is 0 Å². The van der Waals surface area contributed by atoms with Gasteiger partial charge in [-0.05, 0) is 55.8 Å². The van der Waals surface area contributed by atoms with Crippen LogP contribution in [0.4, 0.5) is 18.9 Å². The lowest BCUT2D eigenvalue weighted by Gasteiger charge is -2.29. The van der Waals surface area contributed by atoms with Crippen molar-refractivity contribution in [3.63, 3.8) is 0 Å². The minimum atomic E-state index is -4.45. The van der Waals surface area contributed by atoms with Gasteiger partial charge in [-0.1, -0.05) is 17.7 Å². The first kappa shape index (κ1) is 23.2. The molecule has 0 aromatic heterocycles. The van der Waals surface area contributed by atoms with Crippen molar-refractivity contribution in [1.82, 2.24) is 0 Å². The maximum absolute atomic E-state index is 12.6. The molecule has 5 nitrogen and oxygen atoms in total. The highest BCUT2D eigenvalue weighted by molar-refractivity contribution is 8.32. The first-order chi connectivity index (χ1) is 13.3. The number of hydrogen-bond donors (Lipinski definition) is 1. The van der Waals surface area contributed by atoms with E-state index >= 15 is 0 Å². The van der Waals surface area contributed by atoms with Crippen molar-refractivity contribution in [2.75, 3.05) is 23.6 Å². The summed E-state index contributed by atoms with van der Waals surface area (Å²) in [5.41, 5.74) is 0.329. The Morgan fingerprint density at radius 1 is 1.00 bits per heavy atom. The lowest BCUT2D eigenvalue weighted by atomic mass is 10.2. The molecular formula is C19H22F3NO4S2. The van der Waals surface area contributed by atoms with Gasteiger partial charge in [0, 0.05) is 17.9 Å². The lowest BCUT2D eigenvalue weighted by molar-refractivity contribution is -0.137. The maximum Gasteiger partial charge on any atom is 0.416 e. The number of carbonyl (C=O) groups excluding carboxylic acids is 1. The van der Waals surface area contributed by atoms with Crippen molar-refractivity contribution in [2.24, 2.45) is 0 Å². The van der Waals surface area contributed by atoms with Crippen molar-refractivity contribution in [3.05, 3.63) is 59.7 Å². The van der Waals surface area contributed by atoms with Crippen molar-refractivity contribution in [2.45, 2.75) is 24.4 Å². The molecule has 0 radical (unpaired) electrons. The number of benzene rings is 2. The second kappa shape index (κ2) is 8.76. The van der Waals surface area contributed by atoms with E-state index in [4.69, 9.17) is 3.63 Å². The van der Waals surface area contributed by atoms with E-state index in [1.165, 1.54) is 12.1 Å². The number of anilines is 1. The molecular weight excluding hydrogens is 427 g/mol. The van der Waals surface area contributed by atoms with Gasteiger partial charge in [-0.2, -0.15) is 21.6 Å². The Morgan fingerprint density at radius 2 is 1.55 bits per heavy atom. The SMILES string of the molecule is Cc1ccc(S(=O)(=O)OS(C)(C)CCC(=O)Nc2ccc(C(F)(F)F)cc2)cc1. The van der Waals surface area contributed by atoms with Gasteiger partial charge in [-0.25, -0.2) is 3.63 Å². The molecule has 0 saturated heterocycles. The summed E-state index contributed by atoms with van der Waals surface area (Å²) >= 11 is 0. The second-order valence-electron chi connectivity index (χ2n) is 6.85. The minimum absolute atomic E-state index is 0.0349. The Kier molecular flexibility index (Phi) is 7.02. The Bertz CT molecular complexity index is 954. The van der Waals surface area contributed by atoms with E-state index in [-0.39, 0.29) is 22.8 Å². The van der Waals surface area contributed by atoms with E-state index < -0.39 is 38.1 Å². The number of halogens is 3. The highest BCUT2D eigenvalue weighted by Gasteiger charge is 2.30. The average Bonchev–Trinajstić information content (AvgIpc) is 2.59. The molecule has 2 rings (SSSR count). The van der Waals surface area contributed by atoms with Crippen LogP contribution in [-0.4, -0.2) is 32.6 Å². The predicted molar refractivity (Wildman–Crippen MR) is 108 cm³/mol. The lowest BCUT2D eigenvalue weighted by Crippen LogP contribution is -2.18. The first-order valence-electron chi connectivity index (χ1n) is 8.49. The van der Waals surface area contributed by atoms with Crippen LogP contribution >= 0.6 is 10.3 Å². The van der Waals surface area contributed by atoms with Gasteiger partial charge < -0.3 is 5.32 Å². The minimum Gasteiger partial charge on any atom is -0.326 e. The summed E-state index contributed by atoms with van der Waals surface area (Å²) in [6.45, 7) is 1.84.